The van der Waals surface area contributed by atoms with Gasteiger partial charge in [-0.25, -0.2) is 0 Å². The molecule has 2 fully saturated rings. The van der Waals surface area contributed by atoms with Crippen LogP contribution in [0.25, 0.3) is 0 Å². The molecule has 2 rings (SSSR count). The molecule has 0 aromatic rings. The number of rotatable bonds is 9. The van der Waals surface area contributed by atoms with Crippen molar-refractivity contribution in [3.63, 3.8) is 0 Å². The third kappa shape index (κ3) is 4.59. The van der Waals surface area contributed by atoms with Gasteiger partial charge in [0.1, 0.15) is 0 Å². The maximum absolute atomic E-state index is 3.70. The predicted octanol–water partition coefficient (Wildman–Crippen LogP) is 2.89. The Hall–Kier alpha value is -0.0800. The Labute approximate surface area is 107 Å². The summed E-state index contributed by atoms with van der Waals surface area (Å²) >= 11 is 0. The van der Waals surface area contributed by atoms with Gasteiger partial charge in [-0.3, -0.25) is 4.90 Å². The first-order chi connectivity index (χ1) is 8.20. The molecule has 0 aliphatic heterocycles. The molecule has 0 bridgehead atoms. The van der Waals surface area contributed by atoms with Crippen LogP contribution in [0.1, 0.15) is 52.9 Å². The summed E-state index contributed by atoms with van der Waals surface area (Å²) in [7, 11) is 0. The Bertz CT molecular complexity index is 219. The predicted molar refractivity (Wildman–Crippen MR) is 74.2 cm³/mol. The monoisotopic (exact) mass is 238 g/mol. The first-order valence-electron chi connectivity index (χ1n) is 7.68. The second kappa shape index (κ2) is 6.19. The molecule has 2 heteroatoms. The SMILES string of the molecule is CCNC(CN(CCC(C)C)C1CC1)C1CC1. The molecule has 0 saturated heterocycles. The van der Waals surface area contributed by atoms with Crippen LogP contribution in [0, 0.1) is 11.8 Å². The highest BCUT2D eigenvalue weighted by molar-refractivity contribution is 4.92. The Balaban J connectivity index is 1.78. The molecule has 2 nitrogen and oxygen atoms in total. The van der Waals surface area contributed by atoms with Crippen molar-refractivity contribution in [2.24, 2.45) is 11.8 Å². The van der Waals surface area contributed by atoms with E-state index in [1.807, 2.05) is 0 Å². The Morgan fingerprint density at radius 1 is 1.18 bits per heavy atom. The van der Waals surface area contributed by atoms with Gasteiger partial charge >= 0.3 is 0 Å². The van der Waals surface area contributed by atoms with Gasteiger partial charge in [0.15, 0.2) is 0 Å². The number of likely N-dealkylation sites (N-methyl/N-ethyl adjacent to an activating group) is 1. The van der Waals surface area contributed by atoms with E-state index < -0.39 is 0 Å². The standard InChI is InChI=1S/C15H30N2/c1-4-16-15(13-5-6-13)11-17(14-7-8-14)10-9-12(2)3/h12-16H,4-11H2,1-3H3. The van der Waals surface area contributed by atoms with Gasteiger partial charge < -0.3 is 5.32 Å². The van der Waals surface area contributed by atoms with E-state index in [0.29, 0.717) is 0 Å². The van der Waals surface area contributed by atoms with E-state index in [1.54, 1.807) is 0 Å². The first-order valence-corrected chi connectivity index (χ1v) is 7.68. The zero-order chi connectivity index (χ0) is 12.3. The number of nitrogens with zero attached hydrogens (tertiary/aromatic N) is 1. The highest BCUT2D eigenvalue weighted by Crippen LogP contribution is 2.35. The molecule has 17 heavy (non-hydrogen) atoms. The van der Waals surface area contributed by atoms with Gasteiger partial charge in [0.25, 0.3) is 0 Å². The zero-order valence-corrected chi connectivity index (χ0v) is 11.9. The molecule has 0 radical (unpaired) electrons. The summed E-state index contributed by atoms with van der Waals surface area (Å²) in [5.41, 5.74) is 0. The van der Waals surface area contributed by atoms with Crippen LogP contribution < -0.4 is 5.32 Å². The molecule has 0 spiro atoms. The van der Waals surface area contributed by atoms with Gasteiger partial charge in [0, 0.05) is 18.6 Å². The molecule has 2 saturated carbocycles. The summed E-state index contributed by atoms with van der Waals surface area (Å²) in [4.78, 5) is 2.77. The lowest BCUT2D eigenvalue weighted by Gasteiger charge is -2.28. The second-order valence-electron chi connectivity index (χ2n) is 6.41. The molecule has 2 aliphatic rings. The van der Waals surface area contributed by atoms with Crippen LogP contribution in [0.15, 0.2) is 0 Å². The fourth-order valence-corrected chi connectivity index (χ4v) is 2.68. The highest BCUT2D eigenvalue weighted by Gasteiger charge is 2.35. The summed E-state index contributed by atoms with van der Waals surface area (Å²) in [5, 5.41) is 3.70. The van der Waals surface area contributed by atoms with E-state index in [1.165, 1.54) is 45.2 Å². The summed E-state index contributed by atoms with van der Waals surface area (Å²) in [5.74, 6) is 1.82. The van der Waals surface area contributed by atoms with Crippen molar-refractivity contribution in [3.05, 3.63) is 0 Å². The number of hydrogen-bond donors (Lipinski definition) is 1. The van der Waals surface area contributed by atoms with Crippen LogP contribution in [0.4, 0.5) is 0 Å². The fourth-order valence-electron chi connectivity index (χ4n) is 2.68. The molecular weight excluding hydrogens is 208 g/mol. The van der Waals surface area contributed by atoms with E-state index >= 15 is 0 Å². The lowest BCUT2D eigenvalue weighted by Crippen LogP contribution is -2.44. The number of nitrogens with one attached hydrogen (secondary N) is 1. The molecule has 0 aromatic heterocycles. The van der Waals surface area contributed by atoms with Crippen LogP contribution >= 0.6 is 0 Å². The van der Waals surface area contributed by atoms with Crippen LogP contribution in [0.2, 0.25) is 0 Å². The van der Waals surface area contributed by atoms with Gasteiger partial charge in [-0.1, -0.05) is 20.8 Å². The van der Waals surface area contributed by atoms with Crippen molar-refractivity contribution < 1.29 is 0 Å². The summed E-state index contributed by atoms with van der Waals surface area (Å²) in [6.07, 6.45) is 7.17. The minimum atomic E-state index is 0.771. The summed E-state index contributed by atoms with van der Waals surface area (Å²) in [6.45, 7) is 10.7. The fraction of sp³-hybridized carbons (Fsp3) is 1.00. The average Bonchev–Trinajstić information content (AvgIpc) is 3.16. The van der Waals surface area contributed by atoms with Gasteiger partial charge in [-0.15, -0.1) is 0 Å². The highest BCUT2D eigenvalue weighted by atomic mass is 15.2. The molecule has 0 aromatic carbocycles. The third-order valence-electron chi connectivity index (χ3n) is 4.15. The summed E-state index contributed by atoms with van der Waals surface area (Å²) in [6, 6.07) is 1.70. The quantitative estimate of drug-likeness (QED) is 0.664. The van der Waals surface area contributed by atoms with Crippen LogP contribution in [0.5, 0.6) is 0 Å². The molecule has 2 aliphatic carbocycles. The van der Waals surface area contributed by atoms with Crippen molar-refractivity contribution in [2.45, 2.75) is 65.0 Å². The van der Waals surface area contributed by atoms with Crippen molar-refractivity contribution in [2.75, 3.05) is 19.6 Å². The smallest absolute Gasteiger partial charge is 0.0223 e. The molecule has 100 valence electrons. The normalized spacial score (nSPS) is 22.4. The van der Waals surface area contributed by atoms with E-state index in [-0.39, 0.29) is 0 Å². The molecule has 0 amide bonds. The molecule has 0 heterocycles. The molecular formula is C15H30N2. The maximum atomic E-state index is 3.70. The second-order valence-corrected chi connectivity index (χ2v) is 6.41. The lowest BCUT2D eigenvalue weighted by atomic mass is 10.1. The van der Waals surface area contributed by atoms with Crippen molar-refractivity contribution in [1.82, 2.24) is 10.2 Å². The van der Waals surface area contributed by atoms with Gasteiger partial charge in [-0.2, -0.15) is 0 Å². The van der Waals surface area contributed by atoms with E-state index in [4.69, 9.17) is 0 Å². The van der Waals surface area contributed by atoms with E-state index in [9.17, 15) is 0 Å². The minimum absolute atomic E-state index is 0.771. The summed E-state index contributed by atoms with van der Waals surface area (Å²) < 4.78 is 0. The van der Waals surface area contributed by atoms with Crippen molar-refractivity contribution in [1.29, 1.82) is 0 Å². The number of hydrogen-bond acceptors (Lipinski definition) is 2. The average molecular weight is 238 g/mol. The van der Waals surface area contributed by atoms with Crippen molar-refractivity contribution in [3.8, 4) is 0 Å². The van der Waals surface area contributed by atoms with E-state index in [0.717, 1.165) is 30.5 Å². The van der Waals surface area contributed by atoms with Crippen LogP contribution in [-0.2, 0) is 0 Å². The minimum Gasteiger partial charge on any atom is -0.313 e. The first kappa shape index (κ1) is 13.4. The Kier molecular flexibility index (Phi) is 4.87. The molecule has 1 atom stereocenters. The third-order valence-corrected chi connectivity index (χ3v) is 4.15. The van der Waals surface area contributed by atoms with Crippen LogP contribution in [0.3, 0.4) is 0 Å². The van der Waals surface area contributed by atoms with Gasteiger partial charge in [-0.05, 0) is 57.0 Å². The lowest BCUT2D eigenvalue weighted by molar-refractivity contribution is 0.212. The van der Waals surface area contributed by atoms with Gasteiger partial charge in [0.2, 0.25) is 0 Å². The Morgan fingerprint density at radius 3 is 2.35 bits per heavy atom. The maximum Gasteiger partial charge on any atom is 0.0223 e. The molecule has 1 N–H and O–H groups in total. The Morgan fingerprint density at radius 2 is 1.88 bits per heavy atom. The topological polar surface area (TPSA) is 15.3 Å². The van der Waals surface area contributed by atoms with Crippen molar-refractivity contribution >= 4 is 0 Å². The molecule has 1 unspecified atom stereocenters. The zero-order valence-electron chi connectivity index (χ0n) is 11.9. The van der Waals surface area contributed by atoms with E-state index in [2.05, 4.69) is 31.0 Å². The van der Waals surface area contributed by atoms with Gasteiger partial charge in [0.05, 0.1) is 0 Å². The van der Waals surface area contributed by atoms with Crippen LogP contribution in [-0.4, -0.2) is 36.6 Å². The largest absolute Gasteiger partial charge is 0.313 e.